The van der Waals surface area contributed by atoms with Crippen LogP contribution < -0.4 is 10.1 Å². The zero-order valence-electron chi connectivity index (χ0n) is 12.6. The fraction of sp³-hybridized carbons (Fsp3) is 0.625. The van der Waals surface area contributed by atoms with Crippen molar-refractivity contribution in [1.82, 2.24) is 5.32 Å². The van der Waals surface area contributed by atoms with Gasteiger partial charge >= 0.3 is 0 Å². The molecule has 0 aliphatic carbocycles. The molecule has 0 aromatic heterocycles. The van der Waals surface area contributed by atoms with E-state index in [0.29, 0.717) is 6.10 Å². The molecule has 0 spiro atoms. The van der Waals surface area contributed by atoms with Crippen LogP contribution in [0, 0.1) is 0 Å². The van der Waals surface area contributed by atoms with E-state index >= 15 is 0 Å². The second-order valence-corrected chi connectivity index (χ2v) is 6.11. The third-order valence-electron chi connectivity index (χ3n) is 3.53. The summed E-state index contributed by atoms with van der Waals surface area (Å²) in [4.78, 5) is 0. The second kappa shape index (κ2) is 9.41. The van der Waals surface area contributed by atoms with E-state index in [9.17, 15) is 0 Å². The van der Waals surface area contributed by atoms with Gasteiger partial charge in [-0.25, -0.2) is 0 Å². The minimum Gasteiger partial charge on any atom is -0.496 e. The van der Waals surface area contributed by atoms with Gasteiger partial charge in [-0.3, -0.25) is 0 Å². The fourth-order valence-corrected chi connectivity index (χ4v) is 2.81. The SMILES string of the molecule is COc1ccc(Br)cc1CNCCCOCC1CCCO1. The predicted molar refractivity (Wildman–Crippen MR) is 86.8 cm³/mol. The van der Waals surface area contributed by atoms with E-state index in [2.05, 4.69) is 27.3 Å². The van der Waals surface area contributed by atoms with Gasteiger partial charge in [0.1, 0.15) is 5.75 Å². The molecule has 118 valence electrons. The Morgan fingerprint density at radius 2 is 2.33 bits per heavy atom. The molecule has 21 heavy (non-hydrogen) atoms. The maximum atomic E-state index is 5.64. The number of ether oxygens (including phenoxy) is 3. The molecule has 5 heteroatoms. The van der Waals surface area contributed by atoms with E-state index in [1.54, 1.807) is 7.11 Å². The number of hydrogen-bond donors (Lipinski definition) is 1. The summed E-state index contributed by atoms with van der Waals surface area (Å²) in [5.41, 5.74) is 1.16. The van der Waals surface area contributed by atoms with Crippen molar-refractivity contribution in [2.75, 3.05) is 33.5 Å². The van der Waals surface area contributed by atoms with Gasteiger partial charge in [0, 0.05) is 29.8 Å². The molecule has 1 N–H and O–H groups in total. The summed E-state index contributed by atoms with van der Waals surface area (Å²) in [6.45, 7) is 4.14. The lowest BCUT2D eigenvalue weighted by atomic mass is 10.2. The van der Waals surface area contributed by atoms with Crippen LogP contribution in [-0.2, 0) is 16.0 Å². The van der Waals surface area contributed by atoms with Crippen molar-refractivity contribution in [2.24, 2.45) is 0 Å². The van der Waals surface area contributed by atoms with Crippen molar-refractivity contribution >= 4 is 15.9 Å². The summed E-state index contributed by atoms with van der Waals surface area (Å²) in [7, 11) is 1.70. The van der Waals surface area contributed by atoms with Gasteiger partial charge in [0.2, 0.25) is 0 Å². The van der Waals surface area contributed by atoms with Gasteiger partial charge in [-0.1, -0.05) is 15.9 Å². The van der Waals surface area contributed by atoms with Crippen LogP contribution in [0.5, 0.6) is 5.75 Å². The molecule has 1 aliphatic heterocycles. The first-order valence-corrected chi connectivity index (χ1v) is 8.31. The Hall–Kier alpha value is -0.620. The van der Waals surface area contributed by atoms with E-state index in [1.165, 1.54) is 6.42 Å². The Morgan fingerprint density at radius 3 is 3.10 bits per heavy atom. The third-order valence-corrected chi connectivity index (χ3v) is 4.02. The Morgan fingerprint density at radius 1 is 1.43 bits per heavy atom. The quantitative estimate of drug-likeness (QED) is 0.689. The highest BCUT2D eigenvalue weighted by atomic mass is 79.9. The number of rotatable bonds is 9. The minimum atomic E-state index is 0.323. The minimum absolute atomic E-state index is 0.323. The number of hydrogen-bond acceptors (Lipinski definition) is 4. The number of nitrogens with one attached hydrogen (secondary N) is 1. The fourth-order valence-electron chi connectivity index (χ4n) is 2.40. The van der Waals surface area contributed by atoms with Gasteiger partial charge in [-0.05, 0) is 44.0 Å². The van der Waals surface area contributed by atoms with Crippen LogP contribution >= 0.6 is 15.9 Å². The first-order chi connectivity index (χ1) is 10.3. The second-order valence-electron chi connectivity index (χ2n) is 5.20. The molecule has 0 amide bonds. The van der Waals surface area contributed by atoms with Gasteiger partial charge in [0.15, 0.2) is 0 Å². The average molecular weight is 358 g/mol. The van der Waals surface area contributed by atoms with Crippen LogP contribution in [0.2, 0.25) is 0 Å². The van der Waals surface area contributed by atoms with Gasteiger partial charge in [0.05, 0.1) is 19.8 Å². The largest absolute Gasteiger partial charge is 0.496 e. The highest BCUT2D eigenvalue weighted by Crippen LogP contribution is 2.22. The maximum absolute atomic E-state index is 5.64. The standard InChI is InChI=1S/C16H24BrNO3/c1-19-16-6-5-14(17)10-13(16)11-18-7-3-8-20-12-15-4-2-9-21-15/h5-6,10,15,18H,2-4,7-9,11-12H2,1H3. The van der Waals surface area contributed by atoms with Crippen molar-refractivity contribution < 1.29 is 14.2 Å². The molecule has 2 rings (SSSR count). The zero-order valence-corrected chi connectivity index (χ0v) is 14.2. The Labute approximate surface area is 135 Å². The van der Waals surface area contributed by atoms with E-state index in [-0.39, 0.29) is 0 Å². The molecule has 1 atom stereocenters. The number of halogens is 1. The van der Waals surface area contributed by atoms with E-state index < -0.39 is 0 Å². The molecule has 1 aromatic rings. The van der Waals surface area contributed by atoms with Gasteiger partial charge in [-0.15, -0.1) is 0 Å². The number of benzene rings is 1. The molecule has 0 saturated carbocycles. The van der Waals surface area contributed by atoms with Crippen LogP contribution in [0.25, 0.3) is 0 Å². The van der Waals surface area contributed by atoms with Gasteiger partial charge in [0.25, 0.3) is 0 Å². The van der Waals surface area contributed by atoms with Gasteiger partial charge in [-0.2, -0.15) is 0 Å². The molecule has 1 heterocycles. The van der Waals surface area contributed by atoms with Gasteiger partial charge < -0.3 is 19.5 Å². The molecular weight excluding hydrogens is 334 g/mol. The topological polar surface area (TPSA) is 39.7 Å². The summed E-state index contributed by atoms with van der Waals surface area (Å²) >= 11 is 3.49. The van der Waals surface area contributed by atoms with Crippen LogP contribution in [0.1, 0.15) is 24.8 Å². The van der Waals surface area contributed by atoms with E-state index in [1.807, 2.05) is 12.1 Å². The molecule has 1 fully saturated rings. The van der Waals surface area contributed by atoms with Crippen LogP contribution in [-0.4, -0.2) is 39.6 Å². The Balaban J connectivity index is 1.56. The molecule has 1 saturated heterocycles. The first kappa shape index (κ1) is 16.7. The molecule has 4 nitrogen and oxygen atoms in total. The lowest BCUT2D eigenvalue weighted by molar-refractivity contribution is 0.0166. The van der Waals surface area contributed by atoms with Crippen LogP contribution in [0.4, 0.5) is 0 Å². The predicted octanol–water partition coefficient (Wildman–Crippen LogP) is 3.13. The highest BCUT2D eigenvalue weighted by molar-refractivity contribution is 9.10. The maximum Gasteiger partial charge on any atom is 0.123 e. The Bertz CT molecular complexity index is 422. The van der Waals surface area contributed by atoms with Crippen molar-refractivity contribution in [3.8, 4) is 5.75 Å². The van der Waals surface area contributed by atoms with Crippen molar-refractivity contribution in [3.63, 3.8) is 0 Å². The van der Waals surface area contributed by atoms with E-state index in [4.69, 9.17) is 14.2 Å². The molecular formula is C16H24BrNO3. The van der Waals surface area contributed by atoms with Crippen LogP contribution in [0.15, 0.2) is 22.7 Å². The average Bonchev–Trinajstić information content (AvgIpc) is 3.00. The van der Waals surface area contributed by atoms with Crippen molar-refractivity contribution in [2.45, 2.75) is 31.9 Å². The lowest BCUT2D eigenvalue weighted by Crippen LogP contribution is -2.19. The molecule has 1 unspecified atom stereocenters. The lowest BCUT2D eigenvalue weighted by Gasteiger charge is -2.11. The first-order valence-electron chi connectivity index (χ1n) is 7.52. The molecule has 0 bridgehead atoms. The monoisotopic (exact) mass is 357 g/mol. The molecule has 1 aliphatic rings. The molecule has 1 aromatic carbocycles. The van der Waals surface area contributed by atoms with Crippen molar-refractivity contribution in [1.29, 1.82) is 0 Å². The zero-order chi connectivity index (χ0) is 14.9. The molecule has 0 radical (unpaired) electrons. The summed E-state index contributed by atoms with van der Waals surface area (Å²) in [6.07, 6.45) is 3.64. The smallest absolute Gasteiger partial charge is 0.123 e. The van der Waals surface area contributed by atoms with E-state index in [0.717, 1.165) is 61.5 Å². The summed E-state index contributed by atoms with van der Waals surface area (Å²) in [6, 6.07) is 6.05. The van der Waals surface area contributed by atoms with Crippen molar-refractivity contribution in [3.05, 3.63) is 28.2 Å². The summed E-state index contributed by atoms with van der Waals surface area (Å²) < 4.78 is 17.6. The number of methoxy groups -OCH3 is 1. The third kappa shape index (κ3) is 5.94. The highest BCUT2D eigenvalue weighted by Gasteiger charge is 2.14. The Kier molecular flexibility index (Phi) is 7.50. The summed E-state index contributed by atoms with van der Waals surface area (Å²) in [5, 5.41) is 3.42. The summed E-state index contributed by atoms with van der Waals surface area (Å²) in [5.74, 6) is 0.917. The van der Waals surface area contributed by atoms with Crippen LogP contribution in [0.3, 0.4) is 0 Å². The normalized spacial score (nSPS) is 18.1.